The molecule has 0 fully saturated rings. The molecule has 0 aliphatic heterocycles. The second kappa shape index (κ2) is 8.09. The molecule has 3 aromatic rings. The monoisotopic (exact) mass is 361 g/mol. The van der Waals surface area contributed by atoms with Crippen molar-refractivity contribution in [2.75, 3.05) is 16.0 Å². The maximum absolute atomic E-state index is 12.3. The molecule has 0 radical (unpaired) electrons. The van der Waals surface area contributed by atoms with Gasteiger partial charge in [0.2, 0.25) is 5.91 Å². The molecule has 1 heterocycles. The lowest BCUT2D eigenvalue weighted by Crippen LogP contribution is -2.14. The van der Waals surface area contributed by atoms with E-state index in [1.807, 2.05) is 31.2 Å². The van der Waals surface area contributed by atoms with Gasteiger partial charge in [0.15, 0.2) is 0 Å². The van der Waals surface area contributed by atoms with Crippen molar-refractivity contribution in [2.45, 2.75) is 13.8 Å². The van der Waals surface area contributed by atoms with Crippen molar-refractivity contribution in [1.29, 1.82) is 0 Å². The summed E-state index contributed by atoms with van der Waals surface area (Å²) < 4.78 is 0. The number of carbonyl (C=O) groups is 2. The van der Waals surface area contributed by atoms with Crippen LogP contribution in [0.15, 0.2) is 60.9 Å². The van der Waals surface area contributed by atoms with E-state index in [9.17, 15) is 9.59 Å². The zero-order valence-electron chi connectivity index (χ0n) is 15.0. The molecule has 136 valence electrons. The van der Waals surface area contributed by atoms with Crippen LogP contribution in [0.4, 0.5) is 22.9 Å². The van der Waals surface area contributed by atoms with Crippen LogP contribution in [0, 0.1) is 6.92 Å². The van der Waals surface area contributed by atoms with Crippen LogP contribution in [0.2, 0.25) is 0 Å². The number of benzene rings is 2. The number of nitrogens with one attached hydrogen (secondary N) is 3. The first-order chi connectivity index (χ1) is 13.0. The second-order valence-corrected chi connectivity index (χ2v) is 5.99. The number of amides is 2. The van der Waals surface area contributed by atoms with Crippen LogP contribution in [0.1, 0.15) is 23.0 Å². The van der Waals surface area contributed by atoms with E-state index in [2.05, 4.69) is 25.9 Å². The van der Waals surface area contributed by atoms with Crippen LogP contribution in [0.25, 0.3) is 0 Å². The van der Waals surface area contributed by atoms with Gasteiger partial charge in [-0.25, -0.2) is 9.97 Å². The summed E-state index contributed by atoms with van der Waals surface area (Å²) in [6, 6.07) is 14.7. The summed E-state index contributed by atoms with van der Waals surface area (Å²) in [6.07, 6.45) is 2.93. The highest BCUT2D eigenvalue weighted by Crippen LogP contribution is 2.16. The van der Waals surface area contributed by atoms with Crippen LogP contribution in [0.3, 0.4) is 0 Å². The van der Waals surface area contributed by atoms with Crippen LogP contribution in [-0.4, -0.2) is 21.8 Å². The normalized spacial score (nSPS) is 10.1. The highest BCUT2D eigenvalue weighted by molar-refractivity contribution is 6.02. The second-order valence-electron chi connectivity index (χ2n) is 5.99. The van der Waals surface area contributed by atoms with Gasteiger partial charge in [0.25, 0.3) is 5.91 Å². The molecule has 2 amide bonds. The quantitative estimate of drug-likeness (QED) is 0.643. The highest BCUT2D eigenvalue weighted by Gasteiger charge is 2.09. The average Bonchev–Trinajstić information content (AvgIpc) is 2.63. The van der Waals surface area contributed by atoms with E-state index in [1.54, 1.807) is 24.3 Å². The van der Waals surface area contributed by atoms with Crippen molar-refractivity contribution in [2.24, 2.45) is 0 Å². The van der Waals surface area contributed by atoms with Crippen LogP contribution in [-0.2, 0) is 4.79 Å². The van der Waals surface area contributed by atoms with Crippen LogP contribution < -0.4 is 16.0 Å². The molecule has 27 heavy (non-hydrogen) atoms. The first-order valence-electron chi connectivity index (χ1n) is 8.34. The van der Waals surface area contributed by atoms with E-state index >= 15 is 0 Å². The standard InChI is InChI=1S/C20H19N5O2/c1-13-4-3-5-17(10-13)24-19-12-21-18(11-22-19)20(27)25-16-8-6-15(7-9-16)23-14(2)26/h3-12H,1-2H3,(H,22,24)(H,23,26)(H,25,27). The van der Waals surface area contributed by atoms with Gasteiger partial charge in [-0.15, -0.1) is 0 Å². The molecule has 3 N–H and O–H groups in total. The zero-order valence-corrected chi connectivity index (χ0v) is 15.0. The summed E-state index contributed by atoms with van der Waals surface area (Å²) in [6.45, 7) is 3.44. The zero-order chi connectivity index (χ0) is 19.2. The molecule has 2 aromatic carbocycles. The molecule has 0 aliphatic rings. The smallest absolute Gasteiger partial charge is 0.275 e. The molecule has 7 nitrogen and oxygen atoms in total. The molecule has 0 atom stereocenters. The lowest BCUT2D eigenvalue weighted by Gasteiger charge is -2.08. The van der Waals surface area contributed by atoms with E-state index in [-0.39, 0.29) is 17.5 Å². The van der Waals surface area contributed by atoms with Gasteiger partial charge in [0, 0.05) is 24.0 Å². The lowest BCUT2D eigenvalue weighted by molar-refractivity contribution is -0.114. The summed E-state index contributed by atoms with van der Waals surface area (Å²) in [5.41, 5.74) is 3.50. The predicted octanol–water partition coefficient (Wildman–Crippen LogP) is 3.74. The van der Waals surface area contributed by atoms with Crippen molar-refractivity contribution < 1.29 is 9.59 Å². The Morgan fingerprint density at radius 3 is 2.15 bits per heavy atom. The maximum atomic E-state index is 12.3. The minimum absolute atomic E-state index is 0.151. The number of carbonyl (C=O) groups excluding carboxylic acids is 2. The van der Waals surface area contributed by atoms with Gasteiger partial charge in [0.05, 0.1) is 12.4 Å². The molecule has 0 saturated carbocycles. The van der Waals surface area contributed by atoms with E-state index in [1.165, 1.54) is 19.3 Å². The van der Waals surface area contributed by atoms with Crippen molar-refractivity contribution >= 4 is 34.7 Å². The number of aryl methyl sites for hydroxylation is 1. The van der Waals surface area contributed by atoms with Crippen LogP contribution >= 0.6 is 0 Å². The van der Waals surface area contributed by atoms with Crippen molar-refractivity contribution in [1.82, 2.24) is 9.97 Å². The largest absolute Gasteiger partial charge is 0.339 e. The Bertz CT molecular complexity index is 953. The Morgan fingerprint density at radius 1 is 0.852 bits per heavy atom. The molecule has 0 bridgehead atoms. The minimum atomic E-state index is -0.364. The van der Waals surface area contributed by atoms with E-state index in [4.69, 9.17) is 0 Å². The van der Waals surface area contributed by atoms with Crippen molar-refractivity contribution in [3.63, 3.8) is 0 Å². The Kier molecular flexibility index (Phi) is 5.41. The third-order valence-corrected chi connectivity index (χ3v) is 3.64. The average molecular weight is 361 g/mol. The summed E-state index contributed by atoms with van der Waals surface area (Å²) in [4.78, 5) is 31.7. The van der Waals surface area contributed by atoms with Gasteiger partial charge in [-0.2, -0.15) is 0 Å². The third-order valence-electron chi connectivity index (χ3n) is 3.64. The Labute approximate surface area is 156 Å². The molecular weight excluding hydrogens is 342 g/mol. The van der Waals surface area contributed by atoms with Gasteiger partial charge >= 0.3 is 0 Å². The lowest BCUT2D eigenvalue weighted by atomic mass is 10.2. The first kappa shape index (κ1) is 18.1. The topological polar surface area (TPSA) is 96.0 Å². The summed E-state index contributed by atoms with van der Waals surface area (Å²) in [5, 5.41) is 8.55. The number of anilines is 4. The summed E-state index contributed by atoms with van der Waals surface area (Å²) >= 11 is 0. The highest BCUT2D eigenvalue weighted by atomic mass is 16.2. The molecule has 7 heteroatoms. The molecule has 0 aliphatic carbocycles. The molecule has 3 rings (SSSR count). The summed E-state index contributed by atoms with van der Waals surface area (Å²) in [7, 11) is 0. The van der Waals surface area contributed by atoms with E-state index < -0.39 is 0 Å². The van der Waals surface area contributed by atoms with E-state index in [0.717, 1.165) is 11.3 Å². The van der Waals surface area contributed by atoms with Gasteiger partial charge in [0.1, 0.15) is 11.5 Å². The van der Waals surface area contributed by atoms with Gasteiger partial charge < -0.3 is 16.0 Å². The Hall–Kier alpha value is -3.74. The van der Waals surface area contributed by atoms with Crippen molar-refractivity contribution in [3.05, 3.63) is 72.2 Å². The minimum Gasteiger partial charge on any atom is -0.339 e. The molecule has 0 spiro atoms. The number of aromatic nitrogens is 2. The number of rotatable bonds is 5. The Morgan fingerprint density at radius 2 is 1.56 bits per heavy atom. The van der Waals surface area contributed by atoms with Gasteiger partial charge in [-0.3, -0.25) is 9.59 Å². The van der Waals surface area contributed by atoms with E-state index in [0.29, 0.717) is 17.2 Å². The fraction of sp³-hybridized carbons (Fsp3) is 0.100. The molecule has 0 unspecified atom stereocenters. The number of nitrogens with zero attached hydrogens (tertiary/aromatic N) is 2. The fourth-order valence-corrected chi connectivity index (χ4v) is 2.42. The molecular formula is C20H19N5O2. The van der Waals surface area contributed by atoms with Gasteiger partial charge in [-0.05, 0) is 48.9 Å². The number of hydrogen-bond acceptors (Lipinski definition) is 5. The predicted molar refractivity (Wildman–Crippen MR) is 105 cm³/mol. The van der Waals surface area contributed by atoms with Crippen molar-refractivity contribution in [3.8, 4) is 0 Å². The van der Waals surface area contributed by atoms with Crippen LogP contribution in [0.5, 0.6) is 0 Å². The first-order valence-corrected chi connectivity index (χ1v) is 8.34. The molecule has 1 aromatic heterocycles. The fourth-order valence-electron chi connectivity index (χ4n) is 2.42. The third kappa shape index (κ3) is 5.12. The molecule has 0 saturated heterocycles. The van der Waals surface area contributed by atoms with Gasteiger partial charge in [-0.1, -0.05) is 12.1 Å². The Balaban J connectivity index is 1.62. The SMILES string of the molecule is CC(=O)Nc1ccc(NC(=O)c2cnc(Nc3cccc(C)c3)cn2)cc1. The number of hydrogen-bond donors (Lipinski definition) is 3. The maximum Gasteiger partial charge on any atom is 0.275 e. The summed E-state index contributed by atoms with van der Waals surface area (Å²) in [5.74, 6) is 0.0371.